The van der Waals surface area contributed by atoms with E-state index in [1.54, 1.807) is 42.5 Å². The van der Waals surface area contributed by atoms with Gasteiger partial charge in [0.05, 0.1) is 4.90 Å². The molecule has 30 heavy (non-hydrogen) atoms. The molecular weight excluding hydrogens is 406 g/mol. The van der Waals surface area contributed by atoms with Crippen LogP contribution in [0.2, 0.25) is 0 Å². The van der Waals surface area contributed by atoms with Gasteiger partial charge in [-0.05, 0) is 35.7 Å². The topological polar surface area (TPSA) is 143 Å². The maximum Gasteiger partial charge on any atom is 0.316 e. The summed E-state index contributed by atoms with van der Waals surface area (Å²) in [5, 5.41) is 5.29. The van der Waals surface area contributed by atoms with Crippen molar-refractivity contribution in [3.05, 3.63) is 59.7 Å². The maximum absolute atomic E-state index is 12.8. The molecule has 158 valence electrons. The molecule has 2 aromatic rings. The van der Waals surface area contributed by atoms with Gasteiger partial charge in [0.25, 0.3) is 10.0 Å². The summed E-state index contributed by atoms with van der Waals surface area (Å²) >= 11 is 0. The zero-order valence-corrected chi connectivity index (χ0v) is 17.4. The zero-order chi connectivity index (χ0) is 21.9. The Morgan fingerprint density at radius 2 is 1.87 bits per heavy atom. The Kier molecular flexibility index (Phi) is 6.06. The lowest BCUT2D eigenvalue weighted by atomic mass is 10.0. The Balaban J connectivity index is 1.77. The molecule has 0 radical (unpaired) electrons. The number of fused-ring (bicyclic) bond motifs is 1. The number of benzene rings is 2. The molecular formula is C20H23N5O4S. The van der Waals surface area contributed by atoms with Crippen LogP contribution in [-0.2, 0) is 21.4 Å². The standard InChI is InChI=1S/C20H23N5O4S/c1-12(2)17(24-18-15-8-3-4-9-16(15)30(28,29)25-18)19(26)22-11-13-6-5-7-14(10-13)23-20(21)27/h3-10,12,17H,11H2,1-2H3,(H,22,26)(H,24,25)(H3,21,23,27)/t17-/m1/s1. The second kappa shape index (κ2) is 8.54. The summed E-state index contributed by atoms with van der Waals surface area (Å²) in [5.41, 5.74) is 6.84. The summed E-state index contributed by atoms with van der Waals surface area (Å²) in [5.74, 6) is -0.348. The van der Waals surface area contributed by atoms with Crippen molar-refractivity contribution < 1.29 is 18.0 Å². The normalized spacial score (nSPS) is 16.6. The van der Waals surface area contributed by atoms with E-state index in [2.05, 4.69) is 20.3 Å². The van der Waals surface area contributed by atoms with Gasteiger partial charge in [-0.25, -0.2) is 13.2 Å². The quantitative estimate of drug-likeness (QED) is 0.552. The lowest BCUT2D eigenvalue weighted by Crippen LogP contribution is -2.38. The van der Waals surface area contributed by atoms with Gasteiger partial charge in [-0.15, -0.1) is 0 Å². The number of urea groups is 1. The van der Waals surface area contributed by atoms with Crippen LogP contribution >= 0.6 is 0 Å². The minimum absolute atomic E-state index is 0.144. The summed E-state index contributed by atoms with van der Waals surface area (Å²) in [7, 11) is -3.68. The third-order valence-electron chi connectivity index (χ3n) is 4.49. The molecule has 0 bridgehead atoms. The second-order valence-electron chi connectivity index (χ2n) is 7.18. The minimum atomic E-state index is -3.68. The molecule has 1 aliphatic rings. The third kappa shape index (κ3) is 4.77. The number of nitrogens with zero attached hydrogens (tertiary/aromatic N) is 1. The highest BCUT2D eigenvalue weighted by Crippen LogP contribution is 2.23. The van der Waals surface area contributed by atoms with Gasteiger partial charge >= 0.3 is 6.03 Å². The largest absolute Gasteiger partial charge is 0.351 e. The molecule has 0 unspecified atom stereocenters. The SMILES string of the molecule is CC(C)[C@@H](N=C1NS(=O)(=O)c2ccccc21)C(=O)NCc1cccc(NC(N)=O)c1. The van der Waals surface area contributed by atoms with Gasteiger partial charge < -0.3 is 16.4 Å². The van der Waals surface area contributed by atoms with Crippen LogP contribution in [0.1, 0.15) is 25.0 Å². The second-order valence-corrected chi connectivity index (χ2v) is 8.83. The van der Waals surface area contributed by atoms with Gasteiger partial charge in [0.1, 0.15) is 11.9 Å². The van der Waals surface area contributed by atoms with Crippen molar-refractivity contribution in [1.29, 1.82) is 0 Å². The minimum Gasteiger partial charge on any atom is -0.351 e. The number of hydrogen-bond acceptors (Lipinski definition) is 5. The molecule has 1 heterocycles. The molecule has 3 rings (SSSR count). The smallest absolute Gasteiger partial charge is 0.316 e. The number of carbonyl (C=O) groups excluding carboxylic acids is 2. The van der Waals surface area contributed by atoms with E-state index in [-0.39, 0.29) is 29.1 Å². The number of primary amides is 1. The molecule has 0 saturated heterocycles. The van der Waals surface area contributed by atoms with E-state index in [0.29, 0.717) is 11.3 Å². The molecule has 0 aromatic heterocycles. The fourth-order valence-electron chi connectivity index (χ4n) is 3.07. The number of anilines is 1. The van der Waals surface area contributed by atoms with Gasteiger partial charge in [-0.1, -0.05) is 38.1 Å². The molecule has 1 atom stereocenters. The zero-order valence-electron chi connectivity index (χ0n) is 16.5. The molecule has 9 nitrogen and oxygen atoms in total. The van der Waals surface area contributed by atoms with Crippen molar-refractivity contribution in [2.24, 2.45) is 16.6 Å². The average Bonchev–Trinajstić information content (AvgIpc) is 2.94. The predicted molar refractivity (Wildman–Crippen MR) is 113 cm³/mol. The van der Waals surface area contributed by atoms with Crippen LogP contribution in [0, 0.1) is 5.92 Å². The van der Waals surface area contributed by atoms with Crippen LogP contribution in [0.3, 0.4) is 0 Å². The highest BCUT2D eigenvalue weighted by molar-refractivity contribution is 7.90. The number of sulfonamides is 1. The van der Waals surface area contributed by atoms with Crippen LogP contribution < -0.4 is 21.1 Å². The fraction of sp³-hybridized carbons (Fsp3) is 0.250. The van der Waals surface area contributed by atoms with Crippen molar-refractivity contribution in [2.75, 3.05) is 5.32 Å². The van der Waals surface area contributed by atoms with Crippen molar-refractivity contribution in [3.8, 4) is 0 Å². The first kappa shape index (κ1) is 21.3. The van der Waals surface area contributed by atoms with Gasteiger partial charge in [0.2, 0.25) is 5.91 Å². The molecule has 5 N–H and O–H groups in total. The summed E-state index contributed by atoms with van der Waals surface area (Å²) in [6.07, 6.45) is 0. The number of amides is 3. The Morgan fingerprint density at radius 1 is 1.13 bits per heavy atom. The summed E-state index contributed by atoms with van der Waals surface area (Å²) in [4.78, 5) is 28.3. The molecule has 2 aromatic carbocycles. The van der Waals surface area contributed by atoms with Crippen molar-refractivity contribution in [2.45, 2.75) is 31.3 Å². The molecule has 10 heteroatoms. The Labute approximate surface area is 174 Å². The summed E-state index contributed by atoms with van der Waals surface area (Å²) in [6, 6.07) is 11.9. The van der Waals surface area contributed by atoms with Crippen LogP contribution in [0.15, 0.2) is 58.4 Å². The number of carbonyl (C=O) groups is 2. The number of hydrogen-bond donors (Lipinski definition) is 4. The summed E-state index contributed by atoms with van der Waals surface area (Å²) in [6.45, 7) is 3.88. The van der Waals surface area contributed by atoms with Gasteiger partial charge in [-0.2, -0.15) is 0 Å². The van der Waals surface area contributed by atoms with E-state index in [1.165, 1.54) is 6.07 Å². The predicted octanol–water partition coefficient (Wildman–Crippen LogP) is 1.56. The van der Waals surface area contributed by atoms with E-state index < -0.39 is 22.1 Å². The first-order chi connectivity index (χ1) is 14.2. The average molecular weight is 430 g/mol. The molecule has 0 spiro atoms. The highest BCUT2D eigenvalue weighted by Gasteiger charge is 2.32. The van der Waals surface area contributed by atoms with Crippen LogP contribution in [-0.4, -0.2) is 32.2 Å². The lowest BCUT2D eigenvalue weighted by Gasteiger charge is -2.17. The number of aliphatic imine (C=N–C) groups is 1. The molecule has 0 fully saturated rings. The van der Waals surface area contributed by atoms with E-state index in [0.717, 1.165) is 5.56 Å². The highest BCUT2D eigenvalue weighted by atomic mass is 32.2. The first-order valence-corrected chi connectivity index (χ1v) is 10.8. The summed E-state index contributed by atoms with van der Waals surface area (Å²) < 4.78 is 27.0. The van der Waals surface area contributed by atoms with E-state index in [1.807, 2.05) is 13.8 Å². The fourth-order valence-corrected chi connectivity index (χ4v) is 4.31. The van der Waals surface area contributed by atoms with E-state index >= 15 is 0 Å². The van der Waals surface area contributed by atoms with Crippen LogP contribution in [0.25, 0.3) is 0 Å². The van der Waals surface area contributed by atoms with Gasteiger partial charge in [0.15, 0.2) is 0 Å². The Bertz CT molecular complexity index is 1110. The van der Waals surface area contributed by atoms with Gasteiger partial charge in [0, 0.05) is 17.8 Å². The first-order valence-electron chi connectivity index (χ1n) is 9.30. The van der Waals surface area contributed by atoms with Crippen molar-refractivity contribution in [3.63, 3.8) is 0 Å². The Morgan fingerprint density at radius 3 is 2.57 bits per heavy atom. The molecule has 0 aliphatic carbocycles. The van der Waals surface area contributed by atoms with Crippen LogP contribution in [0.5, 0.6) is 0 Å². The van der Waals surface area contributed by atoms with Crippen molar-refractivity contribution in [1.82, 2.24) is 10.0 Å². The van der Waals surface area contributed by atoms with Crippen LogP contribution in [0.4, 0.5) is 10.5 Å². The number of amidine groups is 1. The maximum atomic E-state index is 12.8. The molecule has 3 amide bonds. The molecule has 0 saturated carbocycles. The Hall–Kier alpha value is -3.40. The van der Waals surface area contributed by atoms with E-state index in [4.69, 9.17) is 5.73 Å². The number of nitrogens with two attached hydrogens (primary N) is 1. The number of nitrogens with one attached hydrogen (secondary N) is 3. The molecule has 1 aliphatic heterocycles. The lowest BCUT2D eigenvalue weighted by molar-refractivity contribution is -0.123. The number of rotatable bonds is 6. The van der Waals surface area contributed by atoms with Gasteiger partial charge in [-0.3, -0.25) is 14.5 Å². The third-order valence-corrected chi connectivity index (χ3v) is 5.89. The van der Waals surface area contributed by atoms with Crippen molar-refractivity contribution >= 4 is 33.5 Å². The van der Waals surface area contributed by atoms with E-state index in [9.17, 15) is 18.0 Å². The monoisotopic (exact) mass is 429 g/mol.